The van der Waals surface area contributed by atoms with E-state index < -0.39 is 12.1 Å². The Morgan fingerprint density at radius 3 is 2.45 bits per heavy atom. The minimum Gasteiger partial charge on any atom is -0.475 e. The van der Waals surface area contributed by atoms with E-state index in [2.05, 4.69) is 20.5 Å². The highest BCUT2D eigenvalue weighted by atomic mass is 35.5. The van der Waals surface area contributed by atoms with Crippen LogP contribution in [0.4, 0.5) is 30.5 Å². The summed E-state index contributed by atoms with van der Waals surface area (Å²) in [6.07, 6.45) is 1.07. The first-order valence-corrected chi connectivity index (χ1v) is 12.6. The van der Waals surface area contributed by atoms with Gasteiger partial charge in [0.05, 0.1) is 10.7 Å². The van der Waals surface area contributed by atoms with E-state index in [9.17, 15) is 18.0 Å². The Bertz CT molecular complexity index is 1370. The van der Waals surface area contributed by atoms with Crippen molar-refractivity contribution < 1.29 is 23.1 Å². The topological polar surface area (TPSA) is 112 Å². The number of carboxylic acid groups (broad SMARTS) is 1. The molecule has 1 saturated heterocycles. The van der Waals surface area contributed by atoms with Gasteiger partial charge in [0.15, 0.2) is 0 Å². The first-order chi connectivity index (χ1) is 18.0. The Balaban J connectivity index is 0.000000426. The molecule has 204 valence electrons. The van der Waals surface area contributed by atoms with Crippen molar-refractivity contribution in [3.63, 3.8) is 0 Å². The van der Waals surface area contributed by atoms with Crippen LogP contribution in [0.15, 0.2) is 35.3 Å². The van der Waals surface area contributed by atoms with E-state index in [1.165, 1.54) is 0 Å². The molecule has 2 aromatic heterocycles. The quantitative estimate of drug-likeness (QED) is 0.429. The minimum atomic E-state index is -5.08. The first kappa shape index (κ1) is 27.6. The molecule has 0 amide bonds. The highest BCUT2D eigenvalue weighted by molar-refractivity contribution is 6.33. The van der Waals surface area contributed by atoms with E-state index in [1.54, 1.807) is 6.07 Å². The van der Waals surface area contributed by atoms with Crippen molar-refractivity contribution in [2.45, 2.75) is 44.8 Å². The second kappa shape index (κ2) is 11.6. The molecule has 0 atom stereocenters. The zero-order valence-electron chi connectivity index (χ0n) is 20.7. The Morgan fingerprint density at radius 1 is 1.18 bits per heavy atom. The highest BCUT2D eigenvalue weighted by Gasteiger charge is 2.38. The SMILES string of the molecule is Cc1cc(=O)n(C2CCCC2)c2nc(Nc3ccc(N4CCNCC4)c(Cl)c3)ncc12.O=C(O)C(F)(F)F. The van der Waals surface area contributed by atoms with Crippen molar-refractivity contribution in [3.05, 3.63) is 51.4 Å². The number of nitrogens with one attached hydrogen (secondary N) is 2. The Morgan fingerprint density at radius 2 is 1.84 bits per heavy atom. The van der Waals surface area contributed by atoms with E-state index in [4.69, 9.17) is 26.5 Å². The smallest absolute Gasteiger partial charge is 0.475 e. The molecule has 1 aliphatic heterocycles. The van der Waals surface area contributed by atoms with Gasteiger partial charge in [0.25, 0.3) is 5.56 Å². The lowest BCUT2D eigenvalue weighted by Gasteiger charge is -2.30. The molecule has 3 aromatic rings. The molecule has 5 rings (SSSR count). The van der Waals surface area contributed by atoms with E-state index >= 15 is 0 Å². The zero-order valence-corrected chi connectivity index (χ0v) is 21.4. The third-order valence-electron chi connectivity index (χ3n) is 6.59. The maximum Gasteiger partial charge on any atom is 0.490 e. The highest BCUT2D eigenvalue weighted by Crippen LogP contribution is 2.32. The fourth-order valence-electron chi connectivity index (χ4n) is 4.72. The van der Waals surface area contributed by atoms with Crippen molar-refractivity contribution in [1.29, 1.82) is 0 Å². The Kier molecular flexibility index (Phi) is 8.41. The van der Waals surface area contributed by atoms with Gasteiger partial charge in [-0.25, -0.2) is 9.78 Å². The number of halogens is 4. The number of fused-ring (bicyclic) bond motifs is 1. The molecule has 13 heteroatoms. The summed E-state index contributed by atoms with van der Waals surface area (Å²) in [5.74, 6) is -2.29. The number of pyridine rings is 1. The molecule has 2 fully saturated rings. The van der Waals surface area contributed by atoms with Crippen LogP contribution in [0.2, 0.25) is 5.02 Å². The minimum absolute atomic E-state index is 0.0185. The summed E-state index contributed by atoms with van der Waals surface area (Å²) in [6.45, 7) is 5.75. The number of nitrogens with zero attached hydrogens (tertiary/aromatic N) is 4. The third-order valence-corrected chi connectivity index (χ3v) is 6.90. The maximum absolute atomic E-state index is 12.8. The molecule has 0 spiro atoms. The molecule has 1 aliphatic carbocycles. The predicted molar refractivity (Wildman–Crippen MR) is 140 cm³/mol. The molecule has 1 aromatic carbocycles. The molecular formula is C25H28ClF3N6O3. The number of rotatable bonds is 4. The summed E-state index contributed by atoms with van der Waals surface area (Å²) in [6, 6.07) is 7.86. The number of aromatic nitrogens is 3. The van der Waals surface area contributed by atoms with Crippen molar-refractivity contribution in [3.8, 4) is 0 Å². The van der Waals surface area contributed by atoms with Crippen LogP contribution < -0.4 is 21.1 Å². The summed E-state index contributed by atoms with van der Waals surface area (Å²) in [5.41, 5.74) is 3.50. The number of anilines is 3. The standard InChI is InChI=1S/C23H27ClN6O.C2HF3O2/c1-15-12-21(31)30(17-4-2-3-5-17)22-18(15)14-26-23(28-22)27-16-6-7-20(19(24)13-16)29-10-8-25-9-11-29;3-2(4,5)1(6)7/h6-7,12-14,17,25H,2-5,8-11H2,1H3,(H,26,27,28);(H,6,7). The van der Waals surface area contributed by atoms with Crippen LogP contribution >= 0.6 is 11.6 Å². The van der Waals surface area contributed by atoms with Crippen LogP contribution in [0.3, 0.4) is 0 Å². The van der Waals surface area contributed by atoms with E-state index in [-0.39, 0.29) is 11.6 Å². The monoisotopic (exact) mass is 552 g/mol. The molecule has 1 saturated carbocycles. The van der Waals surface area contributed by atoms with Crippen LogP contribution in [0.25, 0.3) is 11.0 Å². The van der Waals surface area contributed by atoms with Crippen LogP contribution in [0.1, 0.15) is 37.3 Å². The van der Waals surface area contributed by atoms with Gasteiger partial charge >= 0.3 is 12.1 Å². The number of alkyl halides is 3. The van der Waals surface area contributed by atoms with Gasteiger partial charge in [-0.1, -0.05) is 24.4 Å². The molecular weight excluding hydrogens is 525 g/mol. The summed E-state index contributed by atoms with van der Waals surface area (Å²) in [7, 11) is 0. The average Bonchev–Trinajstić information content (AvgIpc) is 3.39. The summed E-state index contributed by atoms with van der Waals surface area (Å²) in [5, 5.41) is 15.4. The number of hydrogen-bond donors (Lipinski definition) is 3. The van der Waals surface area contributed by atoms with Gasteiger partial charge in [0, 0.05) is 55.6 Å². The van der Waals surface area contributed by atoms with Gasteiger partial charge in [-0.3, -0.25) is 9.36 Å². The van der Waals surface area contributed by atoms with Crippen molar-refractivity contribution in [1.82, 2.24) is 19.9 Å². The summed E-state index contributed by atoms with van der Waals surface area (Å²) in [4.78, 5) is 33.2. The second-order valence-corrected chi connectivity index (χ2v) is 9.64. The van der Waals surface area contributed by atoms with Gasteiger partial charge in [-0.05, 0) is 43.5 Å². The molecule has 0 radical (unpaired) electrons. The number of carboxylic acids is 1. The largest absolute Gasteiger partial charge is 0.490 e. The van der Waals surface area contributed by atoms with E-state index in [1.807, 2.05) is 35.9 Å². The normalized spacial score (nSPS) is 16.3. The first-order valence-electron chi connectivity index (χ1n) is 12.3. The number of hydrogen-bond acceptors (Lipinski definition) is 7. The number of benzene rings is 1. The van der Waals surface area contributed by atoms with Gasteiger partial charge in [-0.2, -0.15) is 18.2 Å². The van der Waals surface area contributed by atoms with E-state index in [0.29, 0.717) is 16.6 Å². The fraction of sp³-hybridized carbons (Fsp3) is 0.440. The van der Waals surface area contributed by atoms with Crippen molar-refractivity contribution >= 4 is 45.9 Å². The Labute approximate surface area is 221 Å². The van der Waals surface area contributed by atoms with Crippen LogP contribution in [0.5, 0.6) is 0 Å². The van der Waals surface area contributed by atoms with Crippen molar-refractivity contribution in [2.75, 3.05) is 36.4 Å². The maximum atomic E-state index is 12.8. The molecule has 3 heterocycles. The summed E-state index contributed by atoms with van der Waals surface area (Å²) < 4.78 is 33.6. The lowest BCUT2D eigenvalue weighted by atomic mass is 10.1. The predicted octanol–water partition coefficient (Wildman–Crippen LogP) is 4.65. The summed E-state index contributed by atoms with van der Waals surface area (Å²) >= 11 is 6.59. The number of aliphatic carboxylic acids is 1. The number of carbonyl (C=O) groups is 1. The van der Waals surface area contributed by atoms with Gasteiger partial charge < -0.3 is 20.6 Å². The van der Waals surface area contributed by atoms with Crippen LogP contribution in [-0.4, -0.2) is 58.0 Å². The fourth-order valence-corrected chi connectivity index (χ4v) is 5.02. The van der Waals surface area contributed by atoms with Crippen LogP contribution in [0, 0.1) is 6.92 Å². The molecule has 3 N–H and O–H groups in total. The van der Waals surface area contributed by atoms with Gasteiger partial charge in [0.2, 0.25) is 5.95 Å². The number of aryl methyl sites for hydroxylation is 1. The zero-order chi connectivity index (χ0) is 27.4. The second-order valence-electron chi connectivity index (χ2n) is 9.24. The molecule has 38 heavy (non-hydrogen) atoms. The average molecular weight is 553 g/mol. The molecule has 0 bridgehead atoms. The molecule has 9 nitrogen and oxygen atoms in total. The van der Waals surface area contributed by atoms with Crippen molar-refractivity contribution in [2.24, 2.45) is 0 Å². The Hall–Kier alpha value is -3.38. The van der Waals surface area contributed by atoms with Crippen LogP contribution in [-0.2, 0) is 4.79 Å². The third kappa shape index (κ3) is 6.36. The van der Waals surface area contributed by atoms with E-state index in [0.717, 1.165) is 74.2 Å². The van der Waals surface area contributed by atoms with Gasteiger partial charge in [-0.15, -0.1) is 0 Å². The lowest BCUT2D eigenvalue weighted by Crippen LogP contribution is -2.43. The number of piperazine rings is 1. The van der Waals surface area contributed by atoms with Gasteiger partial charge in [0.1, 0.15) is 5.65 Å². The molecule has 2 aliphatic rings. The lowest BCUT2D eigenvalue weighted by molar-refractivity contribution is -0.192. The molecule has 0 unspecified atom stereocenters.